The Balaban J connectivity index is 1.23. The van der Waals surface area contributed by atoms with E-state index in [0.29, 0.717) is 13.1 Å². The molecule has 0 bridgehead atoms. The minimum atomic E-state index is -0.882. The highest BCUT2D eigenvalue weighted by molar-refractivity contribution is 5.93. The van der Waals surface area contributed by atoms with Gasteiger partial charge in [0.05, 0.1) is 12.6 Å². The van der Waals surface area contributed by atoms with Crippen molar-refractivity contribution in [2.45, 2.75) is 69.5 Å². The third kappa shape index (κ3) is 6.02. The standard InChI is InChI=1S/C32H41FN4O4/c1-20-6-4-5-7-25(20)32-17-31(32,18-32)19-35-29(40)26(16-22-8-12-24(33)13-9-22)36-28(39)21(2)37(3)30(41)27(23-10-11-23)34-14-15-38/h4-9,12-13,21,23,26-27,34,38H,10-11,14-19H2,1-3H3,(H,35,40)(H,36,39)/t21-,26-,27+,31?,32?/m1/s1. The van der Waals surface area contributed by atoms with Crippen molar-refractivity contribution in [3.63, 3.8) is 0 Å². The molecular formula is C32H41FN4O4. The number of hydrogen-bond acceptors (Lipinski definition) is 5. The fourth-order valence-corrected chi connectivity index (χ4v) is 6.32. The van der Waals surface area contributed by atoms with Crippen LogP contribution < -0.4 is 16.0 Å². The first-order valence-electron chi connectivity index (χ1n) is 14.6. The SMILES string of the molecule is Cc1ccccc1C12CC1(CNC(=O)[C@@H](Cc1ccc(F)cc1)NC(=O)[C@@H](C)N(C)C(=O)[C@@H](NCCO)C1CC1)C2. The van der Waals surface area contributed by atoms with Gasteiger partial charge in [-0.25, -0.2) is 4.39 Å². The maximum absolute atomic E-state index is 13.5. The van der Waals surface area contributed by atoms with Crippen LogP contribution in [0.1, 0.15) is 49.3 Å². The summed E-state index contributed by atoms with van der Waals surface area (Å²) in [5.41, 5.74) is 3.54. The number of aliphatic hydroxyl groups excluding tert-OH is 1. The van der Waals surface area contributed by atoms with Gasteiger partial charge >= 0.3 is 0 Å². The fraction of sp³-hybridized carbons (Fsp3) is 0.531. The van der Waals surface area contributed by atoms with E-state index in [1.54, 1.807) is 26.1 Å². The molecule has 0 heterocycles. The molecule has 0 saturated heterocycles. The number of rotatable bonds is 14. The zero-order valence-electron chi connectivity index (χ0n) is 24.1. The maximum atomic E-state index is 13.5. The fourth-order valence-electron chi connectivity index (χ4n) is 6.32. The van der Waals surface area contributed by atoms with Gasteiger partial charge in [-0.2, -0.15) is 0 Å². The average molecular weight is 565 g/mol. The normalized spacial score (nSPS) is 24.4. The second-order valence-corrected chi connectivity index (χ2v) is 12.3. The van der Waals surface area contributed by atoms with Crippen LogP contribution >= 0.6 is 0 Å². The average Bonchev–Trinajstić information content (AvgIpc) is 3.88. The van der Waals surface area contributed by atoms with Crippen molar-refractivity contribution in [2.75, 3.05) is 26.7 Å². The van der Waals surface area contributed by atoms with Gasteiger partial charge in [0.25, 0.3) is 0 Å². The molecule has 9 heteroatoms. The number of aliphatic hydroxyl groups is 1. The van der Waals surface area contributed by atoms with E-state index < -0.39 is 24.0 Å². The number of nitrogens with zero attached hydrogens (tertiary/aromatic N) is 1. The Labute approximate surface area is 241 Å². The largest absolute Gasteiger partial charge is 0.395 e. The van der Waals surface area contributed by atoms with Crippen molar-refractivity contribution in [2.24, 2.45) is 11.3 Å². The number of aryl methyl sites for hydroxylation is 1. The lowest BCUT2D eigenvalue weighted by atomic mass is 9.99. The van der Waals surface area contributed by atoms with Crippen LogP contribution in [-0.2, 0) is 26.2 Å². The maximum Gasteiger partial charge on any atom is 0.243 e. The molecule has 0 aliphatic heterocycles. The van der Waals surface area contributed by atoms with Crippen molar-refractivity contribution in [3.05, 3.63) is 71.0 Å². The second-order valence-electron chi connectivity index (χ2n) is 12.3. The number of likely N-dealkylation sites (N-methyl/N-ethyl adjacent to an activating group) is 1. The molecule has 2 aromatic rings. The number of hydrogen-bond donors (Lipinski definition) is 4. The molecular weight excluding hydrogens is 523 g/mol. The first kappa shape index (κ1) is 29.2. The molecule has 4 N–H and O–H groups in total. The van der Waals surface area contributed by atoms with E-state index in [1.807, 2.05) is 6.07 Å². The summed E-state index contributed by atoms with van der Waals surface area (Å²) in [7, 11) is 1.59. The van der Waals surface area contributed by atoms with Crippen molar-refractivity contribution in [1.82, 2.24) is 20.9 Å². The number of halogens is 1. The summed E-state index contributed by atoms with van der Waals surface area (Å²) in [6.45, 7) is 4.51. The third-order valence-electron chi connectivity index (χ3n) is 9.44. The van der Waals surface area contributed by atoms with Gasteiger partial charge in [0.15, 0.2) is 0 Å². The molecule has 0 unspecified atom stereocenters. The highest BCUT2D eigenvalue weighted by atomic mass is 19.1. The van der Waals surface area contributed by atoms with E-state index in [2.05, 4.69) is 41.1 Å². The van der Waals surface area contributed by atoms with Gasteiger partial charge in [-0.1, -0.05) is 36.4 Å². The Kier molecular flexibility index (Phi) is 8.21. The summed E-state index contributed by atoms with van der Waals surface area (Å²) in [5.74, 6) is -1.13. The van der Waals surface area contributed by atoms with Gasteiger partial charge in [0, 0.05) is 32.0 Å². The molecule has 2 aromatic carbocycles. The molecule has 41 heavy (non-hydrogen) atoms. The van der Waals surface area contributed by atoms with Gasteiger partial charge in [-0.05, 0) is 79.7 Å². The summed E-state index contributed by atoms with van der Waals surface area (Å²) < 4.78 is 13.5. The van der Waals surface area contributed by atoms with Crippen LogP contribution in [0.15, 0.2) is 48.5 Å². The van der Waals surface area contributed by atoms with Crippen molar-refractivity contribution >= 4 is 17.7 Å². The number of benzene rings is 2. The van der Waals surface area contributed by atoms with Crippen LogP contribution in [0.5, 0.6) is 0 Å². The minimum absolute atomic E-state index is 0.0680. The minimum Gasteiger partial charge on any atom is -0.395 e. The molecule has 8 nitrogen and oxygen atoms in total. The van der Waals surface area contributed by atoms with E-state index in [0.717, 1.165) is 31.2 Å². The Hall–Kier alpha value is -3.30. The first-order valence-corrected chi connectivity index (χ1v) is 14.6. The van der Waals surface area contributed by atoms with Gasteiger partial charge < -0.3 is 26.0 Å². The summed E-state index contributed by atoms with van der Waals surface area (Å²) in [4.78, 5) is 41.5. The summed E-state index contributed by atoms with van der Waals surface area (Å²) in [6, 6.07) is 12.1. The quantitative estimate of drug-likeness (QED) is 0.281. The van der Waals surface area contributed by atoms with E-state index in [9.17, 15) is 23.9 Å². The smallest absolute Gasteiger partial charge is 0.243 e. The number of carbonyl (C=O) groups excluding carboxylic acids is 3. The third-order valence-corrected chi connectivity index (χ3v) is 9.44. The Morgan fingerprint density at radius 2 is 1.76 bits per heavy atom. The van der Waals surface area contributed by atoms with Crippen molar-refractivity contribution < 1.29 is 23.9 Å². The predicted octanol–water partition coefficient (Wildman–Crippen LogP) is 2.22. The number of amides is 3. The molecule has 3 fully saturated rings. The molecule has 0 aromatic heterocycles. The van der Waals surface area contributed by atoms with E-state index in [4.69, 9.17) is 0 Å². The molecule has 3 amide bonds. The van der Waals surface area contributed by atoms with E-state index >= 15 is 0 Å². The summed E-state index contributed by atoms with van der Waals surface area (Å²) in [6.07, 6.45) is 4.12. The zero-order valence-corrected chi connectivity index (χ0v) is 24.1. The number of nitrogens with one attached hydrogen (secondary N) is 3. The van der Waals surface area contributed by atoms with Crippen molar-refractivity contribution in [1.29, 1.82) is 0 Å². The van der Waals surface area contributed by atoms with Crippen molar-refractivity contribution in [3.8, 4) is 0 Å². The van der Waals surface area contributed by atoms with Crippen LogP contribution in [0, 0.1) is 24.1 Å². The van der Waals surface area contributed by atoms with E-state index in [1.165, 1.54) is 28.2 Å². The highest BCUT2D eigenvalue weighted by Crippen LogP contribution is 2.85. The predicted molar refractivity (Wildman–Crippen MR) is 153 cm³/mol. The molecule has 3 saturated carbocycles. The number of carbonyl (C=O) groups is 3. The number of fused-ring (bicyclic) bond motifs is 1. The molecule has 3 atom stereocenters. The Morgan fingerprint density at radius 1 is 1.07 bits per heavy atom. The Morgan fingerprint density at radius 3 is 2.39 bits per heavy atom. The topological polar surface area (TPSA) is 111 Å². The van der Waals surface area contributed by atoms with Gasteiger partial charge in [0.2, 0.25) is 17.7 Å². The summed E-state index contributed by atoms with van der Waals surface area (Å²) in [5, 5.41) is 18.2. The van der Waals surface area contributed by atoms with Crippen LogP contribution in [0.3, 0.4) is 0 Å². The second kappa shape index (κ2) is 11.5. The molecule has 220 valence electrons. The van der Waals surface area contributed by atoms with Gasteiger partial charge in [-0.3, -0.25) is 14.4 Å². The molecule has 3 aliphatic carbocycles. The molecule has 5 rings (SSSR count). The molecule has 0 spiro atoms. The van der Waals surface area contributed by atoms with Crippen LogP contribution in [-0.4, -0.2) is 72.6 Å². The monoisotopic (exact) mass is 564 g/mol. The lowest BCUT2D eigenvalue weighted by molar-refractivity contribution is -0.141. The first-order chi connectivity index (χ1) is 19.6. The van der Waals surface area contributed by atoms with Crippen LogP contribution in [0.25, 0.3) is 0 Å². The highest BCUT2D eigenvalue weighted by Gasteiger charge is 2.83. The zero-order chi connectivity index (χ0) is 29.4. The van der Waals surface area contributed by atoms with Gasteiger partial charge in [-0.15, -0.1) is 0 Å². The van der Waals surface area contributed by atoms with E-state index in [-0.39, 0.29) is 47.4 Å². The van der Waals surface area contributed by atoms with Crippen LogP contribution in [0.4, 0.5) is 4.39 Å². The molecule has 0 radical (unpaired) electrons. The summed E-state index contributed by atoms with van der Waals surface area (Å²) >= 11 is 0. The lowest BCUT2D eigenvalue weighted by Crippen LogP contribution is -2.56. The molecule has 3 aliphatic rings. The Bertz CT molecular complexity index is 1290. The lowest BCUT2D eigenvalue weighted by Gasteiger charge is -2.30. The van der Waals surface area contributed by atoms with Gasteiger partial charge in [0.1, 0.15) is 17.9 Å². The van der Waals surface area contributed by atoms with Crippen LogP contribution in [0.2, 0.25) is 0 Å².